The van der Waals surface area contributed by atoms with Gasteiger partial charge in [-0.2, -0.15) is 0 Å². The Hall–Kier alpha value is -3.27. The Kier molecular flexibility index (Phi) is 6.07. The van der Waals surface area contributed by atoms with Gasteiger partial charge in [0.15, 0.2) is 0 Å². The summed E-state index contributed by atoms with van der Waals surface area (Å²) in [6, 6.07) is 12.4. The molecule has 1 aliphatic rings. The molecule has 1 fully saturated rings. The largest absolute Gasteiger partial charge is 0.383 e. The van der Waals surface area contributed by atoms with E-state index in [-0.39, 0.29) is 18.4 Å². The van der Waals surface area contributed by atoms with Crippen molar-refractivity contribution in [3.8, 4) is 0 Å². The maximum Gasteiger partial charge on any atom is 0.264 e. The summed E-state index contributed by atoms with van der Waals surface area (Å²) in [5, 5.41) is 2.35. The second kappa shape index (κ2) is 9.17. The van der Waals surface area contributed by atoms with Gasteiger partial charge in [-0.3, -0.25) is 9.59 Å². The van der Waals surface area contributed by atoms with Gasteiger partial charge in [0.25, 0.3) is 5.91 Å². The molecule has 4 aromatic rings. The number of nitrogens with zero attached hydrogens (tertiary/aromatic N) is 4. The number of ether oxygens (including phenoxy) is 1. The number of nitrogens with two attached hydrogens (primary N) is 1. The van der Waals surface area contributed by atoms with E-state index in [0.717, 1.165) is 26.6 Å². The highest BCUT2D eigenvalue weighted by atomic mass is 35.5. The molecule has 0 unspecified atom stereocenters. The number of fused-ring (bicyclic) bond motifs is 2. The predicted octanol–water partition coefficient (Wildman–Crippen LogP) is 3.58. The minimum atomic E-state index is -0.696. The van der Waals surface area contributed by atoms with Crippen molar-refractivity contribution in [3.05, 3.63) is 64.3 Å². The second-order valence-corrected chi connectivity index (χ2v) is 9.65. The van der Waals surface area contributed by atoms with Gasteiger partial charge in [-0.25, -0.2) is 9.97 Å². The molecular weight excluding hydrogens is 474 g/mol. The van der Waals surface area contributed by atoms with Crippen LogP contribution in [0.5, 0.6) is 0 Å². The summed E-state index contributed by atoms with van der Waals surface area (Å²) in [6.45, 7) is 1.36. The van der Waals surface area contributed by atoms with E-state index >= 15 is 0 Å². The van der Waals surface area contributed by atoms with Crippen LogP contribution in [-0.4, -0.2) is 64.4 Å². The zero-order valence-electron chi connectivity index (χ0n) is 18.4. The van der Waals surface area contributed by atoms with Crippen molar-refractivity contribution in [2.75, 3.05) is 32.5 Å². The number of anilines is 1. The number of nitrogen functional groups attached to an aromatic ring is 1. The monoisotopic (exact) mass is 495 g/mol. The van der Waals surface area contributed by atoms with Crippen LogP contribution in [-0.2, 0) is 16.1 Å². The molecule has 2 amide bonds. The Labute approximate surface area is 204 Å². The molecule has 2 N–H and O–H groups in total. The Bertz CT molecular complexity index is 1410. The van der Waals surface area contributed by atoms with Crippen LogP contribution >= 0.6 is 22.9 Å². The van der Waals surface area contributed by atoms with E-state index in [1.807, 2.05) is 36.4 Å². The van der Waals surface area contributed by atoms with Crippen molar-refractivity contribution in [2.24, 2.45) is 0 Å². The SMILES string of the molecule is COC[C@H]1C(=O)N(Cc2ccc3c(N)ncnc3c2)CCN1C(=O)c1cc2ccc(Cl)cc2s1. The molecule has 0 radical (unpaired) electrons. The number of carbonyl (C=O) groups is 2. The standard InChI is InChI=1S/C24H22ClN5O3S/c1-33-12-19-23(31)29(11-14-2-5-17-18(8-14)27-13-28-22(17)26)6-7-30(19)24(32)21-9-15-3-4-16(25)10-20(15)34-21/h2-5,8-10,13,19H,6-7,11-12H2,1H3,(H2,26,27,28)/t19-/m0/s1. The average molecular weight is 496 g/mol. The topological polar surface area (TPSA) is 102 Å². The number of piperazine rings is 1. The molecule has 0 spiro atoms. The average Bonchev–Trinajstić information content (AvgIpc) is 3.25. The van der Waals surface area contributed by atoms with Crippen molar-refractivity contribution >= 4 is 61.6 Å². The molecule has 0 saturated carbocycles. The molecule has 0 bridgehead atoms. The summed E-state index contributed by atoms with van der Waals surface area (Å²) >= 11 is 7.47. The van der Waals surface area contributed by atoms with Crippen LogP contribution < -0.4 is 5.73 Å². The molecule has 10 heteroatoms. The molecule has 1 saturated heterocycles. The fraction of sp³-hybridized carbons (Fsp3) is 0.250. The molecule has 8 nitrogen and oxygen atoms in total. The number of methoxy groups -OCH3 is 1. The number of benzene rings is 2. The zero-order chi connectivity index (χ0) is 23.8. The van der Waals surface area contributed by atoms with Crippen molar-refractivity contribution in [1.29, 1.82) is 0 Å². The van der Waals surface area contributed by atoms with Gasteiger partial charge in [0.1, 0.15) is 18.2 Å². The first-order valence-electron chi connectivity index (χ1n) is 10.7. The second-order valence-electron chi connectivity index (χ2n) is 8.13. The fourth-order valence-corrected chi connectivity index (χ4v) is 5.55. The van der Waals surface area contributed by atoms with Crippen LogP contribution in [0.1, 0.15) is 15.2 Å². The Morgan fingerprint density at radius 2 is 2.06 bits per heavy atom. The van der Waals surface area contributed by atoms with Crippen molar-refractivity contribution in [2.45, 2.75) is 12.6 Å². The smallest absolute Gasteiger partial charge is 0.264 e. The molecule has 2 aromatic carbocycles. The first-order valence-corrected chi connectivity index (χ1v) is 11.9. The lowest BCUT2D eigenvalue weighted by Crippen LogP contribution is -2.59. The predicted molar refractivity (Wildman–Crippen MR) is 133 cm³/mol. The number of hydrogen-bond acceptors (Lipinski definition) is 7. The van der Waals surface area contributed by atoms with Crippen LogP contribution in [0, 0.1) is 0 Å². The Balaban J connectivity index is 1.37. The summed E-state index contributed by atoms with van der Waals surface area (Å²) in [6.07, 6.45) is 1.42. The van der Waals surface area contributed by atoms with Gasteiger partial charge in [0, 0.05) is 41.9 Å². The van der Waals surface area contributed by atoms with Gasteiger partial charge in [-0.15, -0.1) is 11.3 Å². The summed E-state index contributed by atoms with van der Waals surface area (Å²) in [4.78, 5) is 39.0. The minimum absolute atomic E-state index is 0.124. The Morgan fingerprint density at radius 1 is 1.21 bits per heavy atom. The van der Waals surface area contributed by atoms with E-state index < -0.39 is 6.04 Å². The first-order chi connectivity index (χ1) is 16.4. The highest BCUT2D eigenvalue weighted by Crippen LogP contribution is 2.30. The number of rotatable bonds is 5. The van der Waals surface area contributed by atoms with Crippen LogP contribution in [0.2, 0.25) is 5.02 Å². The number of carbonyl (C=O) groups excluding carboxylic acids is 2. The third-order valence-corrected chi connectivity index (χ3v) is 7.29. The van der Waals surface area contributed by atoms with Gasteiger partial charge < -0.3 is 20.3 Å². The summed E-state index contributed by atoms with van der Waals surface area (Å²) in [5.74, 6) is 0.0987. The molecule has 34 heavy (non-hydrogen) atoms. The molecule has 0 aliphatic carbocycles. The number of aromatic nitrogens is 2. The molecule has 174 valence electrons. The highest BCUT2D eigenvalue weighted by molar-refractivity contribution is 7.20. The maximum absolute atomic E-state index is 13.4. The zero-order valence-corrected chi connectivity index (χ0v) is 20.0. The van der Waals surface area contributed by atoms with E-state index in [4.69, 9.17) is 22.1 Å². The summed E-state index contributed by atoms with van der Waals surface area (Å²) in [7, 11) is 1.53. The quantitative estimate of drug-likeness (QED) is 0.454. The fourth-order valence-electron chi connectivity index (χ4n) is 4.25. The van der Waals surface area contributed by atoms with Gasteiger partial charge in [0.2, 0.25) is 5.91 Å². The van der Waals surface area contributed by atoms with E-state index in [0.29, 0.717) is 35.4 Å². The Morgan fingerprint density at radius 3 is 2.88 bits per heavy atom. The van der Waals surface area contributed by atoms with Crippen LogP contribution in [0.3, 0.4) is 0 Å². The van der Waals surface area contributed by atoms with E-state index in [1.165, 1.54) is 24.8 Å². The molecule has 2 aromatic heterocycles. The molecule has 5 rings (SSSR count). The number of hydrogen-bond donors (Lipinski definition) is 1. The summed E-state index contributed by atoms with van der Waals surface area (Å²) in [5.41, 5.74) is 7.57. The van der Waals surface area contributed by atoms with E-state index in [2.05, 4.69) is 9.97 Å². The number of halogens is 1. The normalized spacial score (nSPS) is 16.5. The lowest BCUT2D eigenvalue weighted by molar-refractivity contribution is -0.143. The van der Waals surface area contributed by atoms with Crippen LogP contribution in [0.25, 0.3) is 21.0 Å². The van der Waals surface area contributed by atoms with Crippen LogP contribution in [0.15, 0.2) is 48.8 Å². The number of thiophene rings is 1. The van der Waals surface area contributed by atoms with Gasteiger partial charge in [0.05, 0.1) is 17.0 Å². The highest BCUT2D eigenvalue weighted by Gasteiger charge is 2.38. The molecule has 3 heterocycles. The molecular formula is C24H22ClN5O3S. The van der Waals surface area contributed by atoms with Crippen molar-refractivity contribution in [1.82, 2.24) is 19.8 Å². The maximum atomic E-state index is 13.4. The van der Waals surface area contributed by atoms with Crippen molar-refractivity contribution < 1.29 is 14.3 Å². The first kappa shape index (κ1) is 22.5. The minimum Gasteiger partial charge on any atom is -0.383 e. The van der Waals surface area contributed by atoms with Gasteiger partial charge in [-0.05, 0) is 41.3 Å². The van der Waals surface area contributed by atoms with Gasteiger partial charge >= 0.3 is 0 Å². The summed E-state index contributed by atoms with van der Waals surface area (Å²) < 4.78 is 6.26. The molecule has 1 aliphatic heterocycles. The lowest BCUT2D eigenvalue weighted by Gasteiger charge is -2.40. The van der Waals surface area contributed by atoms with Crippen LogP contribution in [0.4, 0.5) is 5.82 Å². The molecule has 1 atom stereocenters. The van der Waals surface area contributed by atoms with Gasteiger partial charge in [-0.1, -0.05) is 23.7 Å². The third kappa shape index (κ3) is 4.18. The van der Waals surface area contributed by atoms with E-state index in [1.54, 1.807) is 15.9 Å². The number of amides is 2. The van der Waals surface area contributed by atoms with E-state index in [9.17, 15) is 9.59 Å². The lowest BCUT2D eigenvalue weighted by atomic mass is 10.1. The third-order valence-electron chi connectivity index (χ3n) is 5.97. The van der Waals surface area contributed by atoms with Crippen molar-refractivity contribution in [3.63, 3.8) is 0 Å².